The summed E-state index contributed by atoms with van der Waals surface area (Å²) in [5.74, 6) is 3.69. The highest BCUT2D eigenvalue weighted by atomic mass is 15.1. The van der Waals surface area contributed by atoms with Crippen LogP contribution in [0.15, 0.2) is 152 Å². The number of benzene rings is 6. The van der Waals surface area contributed by atoms with Crippen molar-refractivity contribution in [2.45, 2.75) is 43.9 Å². The lowest BCUT2D eigenvalue weighted by atomic mass is 9.48. The minimum Gasteiger partial charge on any atom is -0.309 e. The molecule has 4 aliphatic rings. The number of hydrogen-bond acceptors (Lipinski definition) is 1. The summed E-state index contributed by atoms with van der Waals surface area (Å²) in [7, 11) is 0. The second kappa shape index (κ2) is 11.0. The molecule has 0 amide bonds. The smallest absolute Gasteiger partial charge is 0.139 e. The summed E-state index contributed by atoms with van der Waals surface area (Å²) in [6.07, 6.45) is 10.5. The Morgan fingerprint density at radius 3 is 1.45 bits per heavy atom. The van der Waals surface area contributed by atoms with Gasteiger partial charge in [0.25, 0.3) is 0 Å². The molecule has 14 rings (SSSR count). The van der Waals surface area contributed by atoms with E-state index in [-0.39, 0.29) is 0 Å². The first-order chi connectivity index (χ1) is 27.2. The highest BCUT2D eigenvalue weighted by Gasteiger charge is 2.51. The van der Waals surface area contributed by atoms with Crippen molar-refractivity contribution in [1.82, 2.24) is 18.7 Å². The quantitative estimate of drug-likeness (QED) is 0.179. The van der Waals surface area contributed by atoms with Gasteiger partial charge in [0.2, 0.25) is 0 Å². The standard InChI is InChI=1S/C51H40N4/c1-5-13-44-38(9-1)39-10-2-6-14-45(39)53(44)36-18-20-48-43(27-36)41-12-4-7-15-46(41)54(48)37-21-22-52-50(28-37)55-47-16-8-3-11-40(47)42-19-17-35(26-49(42)55)51-29-32-23-33(30-51)25-34(24-32)31-51/h1-22,26-28,32-34H,23-25,29-31H2. The van der Waals surface area contributed by atoms with Gasteiger partial charge in [-0.1, -0.05) is 84.9 Å². The fourth-order valence-corrected chi connectivity index (χ4v) is 12.3. The van der Waals surface area contributed by atoms with Crippen molar-refractivity contribution in [3.8, 4) is 17.2 Å². The zero-order valence-electron chi connectivity index (χ0n) is 30.7. The summed E-state index contributed by atoms with van der Waals surface area (Å²) in [5.41, 5.74) is 11.5. The van der Waals surface area contributed by atoms with Crippen LogP contribution in [-0.4, -0.2) is 18.7 Å². The van der Waals surface area contributed by atoms with Crippen LogP contribution in [0.5, 0.6) is 0 Å². The Balaban J connectivity index is 1.00. The molecule has 264 valence electrons. The average Bonchev–Trinajstić information content (AvgIpc) is 3.86. The molecule has 0 spiro atoms. The maximum atomic E-state index is 5.13. The highest BCUT2D eigenvalue weighted by Crippen LogP contribution is 2.61. The van der Waals surface area contributed by atoms with Crippen LogP contribution in [0.3, 0.4) is 0 Å². The maximum Gasteiger partial charge on any atom is 0.139 e. The second-order valence-electron chi connectivity index (χ2n) is 17.1. The van der Waals surface area contributed by atoms with Crippen molar-refractivity contribution < 1.29 is 0 Å². The molecule has 0 radical (unpaired) electrons. The number of hydrogen-bond donors (Lipinski definition) is 0. The number of pyridine rings is 1. The molecule has 4 bridgehead atoms. The lowest BCUT2D eigenvalue weighted by Crippen LogP contribution is -2.48. The molecule has 0 aliphatic heterocycles. The highest BCUT2D eigenvalue weighted by molar-refractivity contribution is 6.13. The zero-order chi connectivity index (χ0) is 35.8. The van der Waals surface area contributed by atoms with E-state index >= 15 is 0 Å². The van der Waals surface area contributed by atoms with Gasteiger partial charge < -0.3 is 9.13 Å². The van der Waals surface area contributed by atoms with Crippen molar-refractivity contribution in [3.63, 3.8) is 0 Å². The van der Waals surface area contributed by atoms with Gasteiger partial charge in [-0.3, -0.25) is 4.57 Å². The van der Waals surface area contributed by atoms with Crippen LogP contribution in [0.1, 0.15) is 44.1 Å². The van der Waals surface area contributed by atoms with Crippen LogP contribution in [-0.2, 0) is 5.41 Å². The van der Waals surface area contributed by atoms with Crippen molar-refractivity contribution in [2.75, 3.05) is 0 Å². The number of rotatable bonds is 4. The van der Waals surface area contributed by atoms with Gasteiger partial charge in [-0.25, -0.2) is 4.98 Å². The Kier molecular flexibility index (Phi) is 6.03. The fraction of sp³-hybridized carbons (Fsp3) is 0.196. The monoisotopic (exact) mass is 708 g/mol. The van der Waals surface area contributed by atoms with Gasteiger partial charge in [0.1, 0.15) is 5.82 Å². The summed E-state index contributed by atoms with van der Waals surface area (Å²) < 4.78 is 7.29. The van der Waals surface area contributed by atoms with Crippen LogP contribution in [0, 0.1) is 17.8 Å². The molecular weight excluding hydrogens is 669 g/mol. The molecule has 4 heterocycles. The molecule has 0 saturated heterocycles. The molecule has 6 aromatic carbocycles. The molecule has 4 aromatic heterocycles. The van der Waals surface area contributed by atoms with Gasteiger partial charge in [-0.15, -0.1) is 0 Å². The third kappa shape index (κ3) is 4.20. The molecule has 4 nitrogen and oxygen atoms in total. The summed E-state index contributed by atoms with van der Waals surface area (Å²) in [6, 6.07) is 54.2. The van der Waals surface area contributed by atoms with Crippen molar-refractivity contribution >= 4 is 65.4 Å². The first-order valence-corrected chi connectivity index (χ1v) is 20.2. The van der Waals surface area contributed by atoms with Gasteiger partial charge in [0.05, 0.1) is 38.8 Å². The Hall–Kier alpha value is -6.13. The van der Waals surface area contributed by atoms with E-state index in [1.165, 1.54) is 110 Å². The summed E-state index contributed by atoms with van der Waals surface area (Å²) >= 11 is 0. The first kappa shape index (κ1) is 30.2. The zero-order valence-corrected chi connectivity index (χ0v) is 30.7. The summed E-state index contributed by atoms with van der Waals surface area (Å²) in [6.45, 7) is 0. The van der Waals surface area contributed by atoms with Gasteiger partial charge in [-0.05, 0) is 122 Å². The van der Waals surface area contributed by atoms with Crippen molar-refractivity contribution in [3.05, 3.63) is 157 Å². The average molecular weight is 709 g/mol. The third-order valence-electron chi connectivity index (χ3n) is 14.0. The second-order valence-corrected chi connectivity index (χ2v) is 17.1. The Bertz CT molecular complexity index is 3120. The van der Waals surface area contributed by atoms with E-state index in [1.54, 1.807) is 5.56 Å². The number of para-hydroxylation sites is 4. The normalized spacial score (nSPS) is 22.0. The lowest BCUT2D eigenvalue weighted by molar-refractivity contribution is -0.00513. The van der Waals surface area contributed by atoms with Crippen molar-refractivity contribution in [1.29, 1.82) is 0 Å². The van der Waals surface area contributed by atoms with Gasteiger partial charge in [0.15, 0.2) is 0 Å². The molecule has 0 atom stereocenters. The number of fused-ring (bicyclic) bond motifs is 9. The third-order valence-corrected chi connectivity index (χ3v) is 14.0. The van der Waals surface area contributed by atoms with Crippen LogP contribution in [0.25, 0.3) is 82.6 Å². The van der Waals surface area contributed by atoms with Crippen LogP contribution in [0.4, 0.5) is 0 Å². The minimum atomic E-state index is 0.334. The van der Waals surface area contributed by atoms with Crippen molar-refractivity contribution in [2.24, 2.45) is 17.8 Å². The molecule has 10 aromatic rings. The molecule has 4 saturated carbocycles. The van der Waals surface area contributed by atoms with E-state index in [9.17, 15) is 0 Å². The van der Waals surface area contributed by atoms with Crippen LogP contribution >= 0.6 is 0 Å². The largest absolute Gasteiger partial charge is 0.309 e. The SMILES string of the molecule is c1ccc2c(c1)c1ccccc1n2-c1ccc2c(c1)c1ccccc1n2-c1ccnc(-n2c3ccccc3c3ccc(C45CC6CC(CC(C6)C4)C5)cc32)c1. The molecule has 4 fully saturated rings. The van der Waals surface area contributed by atoms with E-state index in [0.29, 0.717) is 5.41 Å². The van der Waals surface area contributed by atoms with Gasteiger partial charge in [-0.2, -0.15) is 0 Å². The Labute approximate surface area is 319 Å². The molecule has 4 aliphatic carbocycles. The minimum absolute atomic E-state index is 0.334. The molecular formula is C51H40N4. The van der Waals surface area contributed by atoms with Gasteiger partial charge >= 0.3 is 0 Å². The van der Waals surface area contributed by atoms with Crippen LogP contribution < -0.4 is 0 Å². The summed E-state index contributed by atoms with van der Waals surface area (Å²) in [4.78, 5) is 5.13. The predicted octanol–water partition coefficient (Wildman–Crippen LogP) is 12.8. The van der Waals surface area contributed by atoms with Crippen LogP contribution in [0.2, 0.25) is 0 Å². The summed E-state index contributed by atoms with van der Waals surface area (Å²) in [5, 5.41) is 7.64. The van der Waals surface area contributed by atoms with Gasteiger partial charge in [0, 0.05) is 50.3 Å². The topological polar surface area (TPSA) is 27.7 Å². The number of aromatic nitrogens is 4. The van der Waals surface area contributed by atoms with E-state index in [1.807, 2.05) is 6.20 Å². The first-order valence-electron chi connectivity index (χ1n) is 20.2. The molecule has 4 heteroatoms. The maximum absolute atomic E-state index is 5.13. The van der Waals surface area contributed by atoms with E-state index in [4.69, 9.17) is 4.98 Å². The molecule has 55 heavy (non-hydrogen) atoms. The van der Waals surface area contributed by atoms with E-state index in [2.05, 4.69) is 159 Å². The fourth-order valence-electron chi connectivity index (χ4n) is 12.3. The lowest BCUT2D eigenvalue weighted by Gasteiger charge is -2.57. The van der Waals surface area contributed by atoms with E-state index < -0.39 is 0 Å². The van der Waals surface area contributed by atoms with E-state index in [0.717, 1.165) is 29.3 Å². The number of nitrogens with zero attached hydrogens (tertiary/aromatic N) is 4. The molecule has 0 unspecified atom stereocenters. The molecule has 0 N–H and O–H groups in total. The Morgan fingerprint density at radius 2 is 0.873 bits per heavy atom. The Morgan fingerprint density at radius 1 is 0.400 bits per heavy atom. The predicted molar refractivity (Wildman–Crippen MR) is 227 cm³/mol.